The predicted molar refractivity (Wildman–Crippen MR) is 66.6 cm³/mol. The second kappa shape index (κ2) is 5.23. The molecule has 1 aromatic heterocycles. The summed E-state index contributed by atoms with van der Waals surface area (Å²) in [6.07, 6.45) is 1.76. The number of nitrogens with zero attached hydrogens (tertiary/aromatic N) is 1. The summed E-state index contributed by atoms with van der Waals surface area (Å²) in [5.74, 6) is -0.897. The lowest BCUT2D eigenvalue weighted by atomic mass is 10.3. The lowest BCUT2D eigenvalue weighted by Gasteiger charge is -2.07. The highest BCUT2D eigenvalue weighted by Crippen LogP contribution is 2.24. The zero-order valence-electron chi connectivity index (χ0n) is 9.69. The van der Waals surface area contributed by atoms with Crippen LogP contribution in [0.1, 0.15) is 10.5 Å². The minimum atomic E-state index is -0.654. The molecule has 0 spiro atoms. The highest BCUT2D eigenvalue weighted by molar-refractivity contribution is 6.30. The van der Waals surface area contributed by atoms with E-state index in [1.807, 2.05) is 0 Å². The molecule has 0 aliphatic carbocycles. The normalized spacial score (nSPS) is 10.4. The molecule has 0 aliphatic rings. The molecule has 5 heteroatoms. The van der Waals surface area contributed by atoms with Crippen molar-refractivity contribution in [2.75, 3.05) is 6.61 Å². The molecule has 2 aromatic rings. The molecular weight excluding hydrogens is 257 g/mol. The number of aromatic nitrogens is 1. The van der Waals surface area contributed by atoms with Crippen LogP contribution in [0.25, 0.3) is 0 Å². The van der Waals surface area contributed by atoms with Crippen molar-refractivity contribution in [1.29, 1.82) is 0 Å². The Bertz CT molecular complexity index is 580. The molecule has 0 saturated carbocycles. The van der Waals surface area contributed by atoms with Gasteiger partial charge in [0.2, 0.25) is 5.78 Å². The summed E-state index contributed by atoms with van der Waals surface area (Å²) < 4.78 is 20.3. The molecule has 0 atom stereocenters. The minimum absolute atomic E-state index is 0.0231. The fourth-order valence-electron chi connectivity index (χ4n) is 1.56. The third-order valence-electron chi connectivity index (χ3n) is 2.50. The quantitative estimate of drug-likeness (QED) is 0.797. The summed E-state index contributed by atoms with van der Waals surface area (Å²) in [5, 5.41) is -0.0289. The molecule has 94 valence electrons. The summed E-state index contributed by atoms with van der Waals surface area (Å²) in [6.45, 7) is -0.227. The highest BCUT2D eigenvalue weighted by atomic mass is 35.5. The third-order valence-corrected chi connectivity index (χ3v) is 2.80. The molecule has 3 nitrogen and oxygen atoms in total. The van der Waals surface area contributed by atoms with E-state index in [-0.39, 0.29) is 23.2 Å². The Balaban J connectivity index is 2.06. The number of ether oxygens (including phenoxy) is 1. The van der Waals surface area contributed by atoms with E-state index in [2.05, 4.69) is 0 Å². The molecular formula is C13H11ClFNO2. The molecule has 1 aromatic carbocycles. The Morgan fingerprint density at radius 2 is 2.17 bits per heavy atom. The topological polar surface area (TPSA) is 31.2 Å². The van der Waals surface area contributed by atoms with Crippen LogP contribution >= 0.6 is 11.6 Å². The second-order valence-corrected chi connectivity index (χ2v) is 4.18. The first-order valence-electron chi connectivity index (χ1n) is 5.31. The van der Waals surface area contributed by atoms with Gasteiger partial charge in [0.1, 0.15) is 0 Å². The van der Waals surface area contributed by atoms with E-state index in [0.717, 1.165) is 0 Å². The number of carbonyl (C=O) groups excluding carboxylic acids is 1. The van der Waals surface area contributed by atoms with Gasteiger partial charge < -0.3 is 9.30 Å². The molecule has 0 fully saturated rings. The van der Waals surface area contributed by atoms with Crippen LogP contribution in [0, 0.1) is 5.82 Å². The van der Waals surface area contributed by atoms with Crippen molar-refractivity contribution in [3.8, 4) is 5.75 Å². The largest absolute Gasteiger partial charge is 0.482 e. The van der Waals surface area contributed by atoms with E-state index in [0.29, 0.717) is 5.69 Å². The predicted octanol–water partition coefficient (Wildman–Crippen LogP) is 3.08. The monoisotopic (exact) mass is 267 g/mol. The number of ketones is 1. The van der Waals surface area contributed by atoms with Crippen LogP contribution in [0.2, 0.25) is 5.02 Å². The lowest BCUT2D eigenvalue weighted by molar-refractivity contribution is 0.0910. The van der Waals surface area contributed by atoms with Gasteiger partial charge >= 0.3 is 0 Å². The Morgan fingerprint density at radius 3 is 2.83 bits per heavy atom. The number of hydrogen-bond donors (Lipinski definition) is 0. The standard InChI is InChI=1S/C13H11ClFNO2/c1-16-7-3-5-10(16)11(17)8-18-12-6-2-4-9(14)13(12)15/h2-7H,8H2,1H3. The van der Waals surface area contributed by atoms with Gasteiger partial charge in [-0.25, -0.2) is 4.39 Å². The molecule has 0 radical (unpaired) electrons. The smallest absolute Gasteiger partial charge is 0.216 e. The van der Waals surface area contributed by atoms with Gasteiger partial charge in [-0.1, -0.05) is 17.7 Å². The molecule has 0 bridgehead atoms. The van der Waals surface area contributed by atoms with E-state index in [9.17, 15) is 9.18 Å². The number of aryl methyl sites for hydroxylation is 1. The third kappa shape index (κ3) is 2.54. The number of carbonyl (C=O) groups is 1. The molecule has 0 aliphatic heterocycles. The van der Waals surface area contributed by atoms with Crippen molar-refractivity contribution in [2.24, 2.45) is 7.05 Å². The van der Waals surface area contributed by atoms with Crippen LogP contribution in [-0.4, -0.2) is 17.0 Å². The van der Waals surface area contributed by atoms with Crippen molar-refractivity contribution in [2.45, 2.75) is 0 Å². The first kappa shape index (κ1) is 12.6. The van der Waals surface area contributed by atoms with E-state index in [4.69, 9.17) is 16.3 Å². The van der Waals surface area contributed by atoms with Crippen LogP contribution in [0.3, 0.4) is 0 Å². The molecule has 18 heavy (non-hydrogen) atoms. The lowest BCUT2D eigenvalue weighted by Crippen LogP contribution is -2.15. The fraction of sp³-hybridized carbons (Fsp3) is 0.154. The summed E-state index contributed by atoms with van der Waals surface area (Å²) in [6, 6.07) is 7.85. The number of halogens is 2. The van der Waals surface area contributed by atoms with Gasteiger partial charge in [0.15, 0.2) is 18.2 Å². The van der Waals surface area contributed by atoms with Crippen LogP contribution in [-0.2, 0) is 7.05 Å². The maximum absolute atomic E-state index is 13.5. The van der Waals surface area contributed by atoms with Gasteiger partial charge in [-0.15, -0.1) is 0 Å². The zero-order valence-corrected chi connectivity index (χ0v) is 10.4. The number of Topliss-reactive ketones (excluding diaryl/α,β-unsaturated/α-hetero) is 1. The average Bonchev–Trinajstić information content (AvgIpc) is 2.77. The van der Waals surface area contributed by atoms with Crippen molar-refractivity contribution in [1.82, 2.24) is 4.57 Å². The summed E-state index contributed by atoms with van der Waals surface area (Å²) in [7, 11) is 1.76. The number of benzene rings is 1. The second-order valence-electron chi connectivity index (χ2n) is 3.77. The van der Waals surface area contributed by atoms with E-state index < -0.39 is 5.82 Å². The summed E-state index contributed by atoms with van der Waals surface area (Å²) in [5.41, 5.74) is 0.512. The minimum Gasteiger partial charge on any atom is -0.482 e. The van der Waals surface area contributed by atoms with Crippen molar-refractivity contribution < 1.29 is 13.9 Å². The van der Waals surface area contributed by atoms with Crippen LogP contribution in [0.4, 0.5) is 4.39 Å². The van der Waals surface area contributed by atoms with Gasteiger partial charge in [0.25, 0.3) is 0 Å². The maximum atomic E-state index is 13.5. The van der Waals surface area contributed by atoms with E-state index >= 15 is 0 Å². The Labute approximate surface area is 109 Å². The maximum Gasteiger partial charge on any atom is 0.216 e. The molecule has 0 unspecified atom stereocenters. The van der Waals surface area contributed by atoms with Gasteiger partial charge in [0, 0.05) is 13.2 Å². The SMILES string of the molecule is Cn1cccc1C(=O)COc1cccc(Cl)c1F. The molecule has 1 heterocycles. The molecule has 0 amide bonds. The molecule has 0 N–H and O–H groups in total. The first-order chi connectivity index (χ1) is 8.59. The van der Waals surface area contributed by atoms with Gasteiger partial charge in [-0.2, -0.15) is 0 Å². The number of hydrogen-bond acceptors (Lipinski definition) is 2. The van der Waals surface area contributed by atoms with Crippen LogP contribution in [0.15, 0.2) is 36.5 Å². The average molecular weight is 268 g/mol. The van der Waals surface area contributed by atoms with Crippen molar-refractivity contribution in [3.63, 3.8) is 0 Å². The molecule has 2 rings (SSSR count). The zero-order chi connectivity index (χ0) is 13.1. The Kier molecular flexibility index (Phi) is 3.67. The Hall–Kier alpha value is -1.81. The highest BCUT2D eigenvalue weighted by Gasteiger charge is 2.12. The van der Waals surface area contributed by atoms with Gasteiger partial charge in [0.05, 0.1) is 10.7 Å². The van der Waals surface area contributed by atoms with E-state index in [1.54, 1.807) is 36.0 Å². The van der Waals surface area contributed by atoms with Crippen molar-refractivity contribution in [3.05, 3.63) is 53.1 Å². The Morgan fingerprint density at radius 1 is 1.39 bits per heavy atom. The number of rotatable bonds is 4. The van der Waals surface area contributed by atoms with Crippen molar-refractivity contribution >= 4 is 17.4 Å². The van der Waals surface area contributed by atoms with Crippen LogP contribution < -0.4 is 4.74 Å². The first-order valence-corrected chi connectivity index (χ1v) is 5.68. The van der Waals surface area contributed by atoms with Gasteiger partial charge in [-0.05, 0) is 24.3 Å². The van der Waals surface area contributed by atoms with Crippen LogP contribution in [0.5, 0.6) is 5.75 Å². The van der Waals surface area contributed by atoms with E-state index in [1.165, 1.54) is 12.1 Å². The molecule has 0 saturated heterocycles. The van der Waals surface area contributed by atoms with Gasteiger partial charge in [-0.3, -0.25) is 4.79 Å². The summed E-state index contributed by atoms with van der Waals surface area (Å²) >= 11 is 5.61. The fourth-order valence-corrected chi connectivity index (χ4v) is 1.73. The summed E-state index contributed by atoms with van der Waals surface area (Å²) in [4.78, 5) is 11.8.